The van der Waals surface area contributed by atoms with E-state index in [4.69, 9.17) is 0 Å². The van der Waals surface area contributed by atoms with Crippen molar-refractivity contribution in [3.63, 3.8) is 0 Å². The van der Waals surface area contributed by atoms with Gasteiger partial charge in [-0.25, -0.2) is 0 Å². The minimum absolute atomic E-state index is 0. The average molecular weight is 306 g/mol. The molecule has 1 heterocycles. The molecule has 1 aliphatic heterocycles. The van der Waals surface area contributed by atoms with Crippen LogP contribution in [0.4, 0.5) is 0 Å². The van der Waals surface area contributed by atoms with Crippen LogP contribution in [-0.2, 0) is 9.59 Å². The van der Waals surface area contributed by atoms with E-state index in [9.17, 15) is 9.59 Å². The third-order valence-corrected chi connectivity index (χ3v) is 3.50. The maximum absolute atomic E-state index is 12.4. The number of halogens is 1. The summed E-state index contributed by atoms with van der Waals surface area (Å²) in [4.78, 5) is 26.2. The van der Waals surface area contributed by atoms with E-state index in [-0.39, 0.29) is 30.3 Å². The molecule has 2 atom stereocenters. The molecule has 0 aromatic rings. The van der Waals surface area contributed by atoms with Gasteiger partial charge in [0.15, 0.2) is 0 Å². The summed E-state index contributed by atoms with van der Waals surface area (Å²) in [6.45, 7) is 8.91. The summed E-state index contributed by atoms with van der Waals surface area (Å²) in [5.41, 5.74) is -0.468. The van der Waals surface area contributed by atoms with Crippen LogP contribution in [0, 0.1) is 5.41 Å². The topological polar surface area (TPSA) is 61.4 Å². The van der Waals surface area contributed by atoms with Crippen LogP contribution in [0.5, 0.6) is 0 Å². The van der Waals surface area contributed by atoms with Crippen molar-refractivity contribution in [2.75, 3.05) is 20.1 Å². The Balaban J connectivity index is 0.00000361. The molecule has 1 rings (SSSR count). The minimum Gasteiger partial charge on any atom is -0.344 e. The van der Waals surface area contributed by atoms with Crippen LogP contribution in [0.1, 0.15) is 40.5 Å². The van der Waals surface area contributed by atoms with E-state index in [1.807, 2.05) is 32.7 Å². The van der Waals surface area contributed by atoms with Crippen molar-refractivity contribution < 1.29 is 9.59 Å². The van der Waals surface area contributed by atoms with Crippen LogP contribution in [0.25, 0.3) is 0 Å². The van der Waals surface area contributed by atoms with Crippen LogP contribution in [0.15, 0.2) is 0 Å². The summed E-state index contributed by atoms with van der Waals surface area (Å²) in [6, 6.07) is -0.198. The Hall–Kier alpha value is -0.810. The van der Waals surface area contributed by atoms with Gasteiger partial charge in [-0.1, -0.05) is 20.8 Å². The molecule has 2 N–H and O–H groups in total. The third kappa shape index (κ3) is 4.94. The highest BCUT2D eigenvalue weighted by Gasteiger charge is 2.32. The molecule has 6 heteroatoms. The molecule has 0 radical (unpaired) electrons. The lowest BCUT2D eigenvalue weighted by Gasteiger charge is -2.29. The molecule has 5 nitrogen and oxygen atoms in total. The molecule has 1 aliphatic rings. The Morgan fingerprint density at radius 1 is 1.35 bits per heavy atom. The van der Waals surface area contributed by atoms with Crippen molar-refractivity contribution in [1.82, 2.24) is 15.5 Å². The molecule has 0 spiro atoms. The molecule has 0 aromatic carbocycles. The number of carbonyl (C=O) groups is 2. The summed E-state index contributed by atoms with van der Waals surface area (Å²) in [7, 11) is 1.89. The highest BCUT2D eigenvalue weighted by molar-refractivity contribution is 5.89. The van der Waals surface area contributed by atoms with Crippen molar-refractivity contribution in [3.8, 4) is 0 Å². The maximum Gasteiger partial charge on any atom is 0.245 e. The molecule has 0 aromatic heterocycles. The Morgan fingerprint density at radius 2 is 1.95 bits per heavy atom. The predicted molar refractivity (Wildman–Crippen MR) is 83.0 cm³/mol. The second-order valence-electron chi connectivity index (χ2n) is 6.33. The standard InChI is InChI=1S/C14H27N3O2.ClH/c1-10(16-13(19)14(2,3)4)12(18)17-8-6-7-11(17)9-15-5;/h10-11,15H,6-9H2,1-5H3,(H,16,19);1H. The predicted octanol–water partition coefficient (Wildman–Crippen LogP) is 1.17. The normalized spacial score (nSPS) is 20.2. The van der Waals surface area contributed by atoms with Crippen molar-refractivity contribution in [1.29, 1.82) is 0 Å². The lowest BCUT2D eigenvalue weighted by Crippen LogP contribution is -2.52. The van der Waals surface area contributed by atoms with E-state index in [1.165, 1.54) is 0 Å². The summed E-state index contributed by atoms with van der Waals surface area (Å²) < 4.78 is 0. The number of hydrogen-bond donors (Lipinski definition) is 2. The van der Waals surface area contributed by atoms with Gasteiger partial charge in [-0.05, 0) is 26.8 Å². The monoisotopic (exact) mass is 305 g/mol. The van der Waals surface area contributed by atoms with Crippen molar-refractivity contribution >= 4 is 24.2 Å². The number of rotatable bonds is 4. The van der Waals surface area contributed by atoms with E-state index in [0.717, 1.165) is 25.9 Å². The van der Waals surface area contributed by atoms with Gasteiger partial charge in [-0.3, -0.25) is 9.59 Å². The first kappa shape index (κ1) is 19.2. The molecular formula is C14H28ClN3O2. The van der Waals surface area contributed by atoms with Gasteiger partial charge in [-0.15, -0.1) is 12.4 Å². The first-order chi connectivity index (χ1) is 8.77. The quantitative estimate of drug-likeness (QED) is 0.819. The van der Waals surface area contributed by atoms with Gasteiger partial charge in [0, 0.05) is 24.5 Å². The highest BCUT2D eigenvalue weighted by atomic mass is 35.5. The number of amides is 2. The number of likely N-dealkylation sites (tertiary alicyclic amines) is 1. The van der Waals surface area contributed by atoms with E-state index < -0.39 is 11.5 Å². The maximum atomic E-state index is 12.4. The number of nitrogens with one attached hydrogen (secondary N) is 2. The Kier molecular flexibility index (Phi) is 7.52. The first-order valence-electron chi connectivity index (χ1n) is 7.03. The molecular weight excluding hydrogens is 278 g/mol. The van der Waals surface area contributed by atoms with Crippen LogP contribution in [-0.4, -0.2) is 48.9 Å². The van der Waals surface area contributed by atoms with Gasteiger partial charge in [0.25, 0.3) is 0 Å². The molecule has 20 heavy (non-hydrogen) atoms. The van der Waals surface area contributed by atoms with Crippen LogP contribution < -0.4 is 10.6 Å². The van der Waals surface area contributed by atoms with E-state index in [1.54, 1.807) is 6.92 Å². The molecule has 0 aliphatic carbocycles. The van der Waals surface area contributed by atoms with Crippen LogP contribution in [0.2, 0.25) is 0 Å². The largest absolute Gasteiger partial charge is 0.344 e. The first-order valence-corrected chi connectivity index (χ1v) is 7.03. The lowest BCUT2D eigenvalue weighted by molar-refractivity contribution is -0.138. The van der Waals surface area contributed by atoms with Gasteiger partial charge < -0.3 is 15.5 Å². The molecule has 0 bridgehead atoms. The Morgan fingerprint density at radius 3 is 2.45 bits per heavy atom. The zero-order valence-electron chi connectivity index (χ0n) is 13.2. The fourth-order valence-electron chi connectivity index (χ4n) is 2.30. The molecule has 0 saturated carbocycles. The smallest absolute Gasteiger partial charge is 0.245 e. The second kappa shape index (κ2) is 7.84. The summed E-state index contributed by atoms with van der Waals surface area (Å²) in [5, 5.41) is 5.93. The minimum atomic E-state index is -0.468. The Bertz CT molecular complexity index is 342. The number of nitrogens with zero attached hydrogens (tertiary/aromatic N) is 1. The van der Waals surface area contributed by atoms with Gasteiger partial charge in [0.2, 0.25) is 11.8 Å². The molecule has 2 amide bonds. The molecule has 1 fully saturated rings. The molecule has 1 saturated heterocycles. The van der Waals surface area contributed by atoms with Crippen LogP contribution in [0.3, 0.4) is 0 Å². The summed E-state index contributed by atoms with van der Waals surface area (Å²) in [5.74, 6) is -0.0620. The number of carbonyl (C=O) groups excluding carboxylic acids is 2. The Labute approximate surface area is 128 Å². The van der Waals surface area contributed by atoms with Crippen molar-refractivity contribution in [2.24, 2.45) is 5.41 Å². The lowest BCUT2D eigenvalue weighted by atomic mass is 9.95. The number of hydrogen-bond acceptors (Lipinski definition) is 3. The number of likely N-dealkylation sites (N-methyl/N-ethyl adjacent to an activating group) is 1. The van der Waals surface area contributed by atoms with Gasteiger partial charge in [0.05, 0.1) is 0 Å². The van der Waals surface area contributed by atoms with Crippen molar-refractivity contribution in [3.05, 3.63) is 0 Å². The molecule has 118 valence electrons. The summed E-state index contributed by atoms with van der Waals surface area (Å²) in [6.07, 6.45) is 2.07. The fraction of sp³-hybridized carbons (Fsp3) is 0.857. The van der Waals surface area contributed by atoms with Crippen molar-refractivity contribution in [2.45, 2.75) is 52.6 Å². The van der Waals surface area contributed by atoms with Gasteiger partial charge in [-0.2, -0.15) is 0 Å². The zero-order chi connectivity index (χ0) is 14.6. The fourth-order valence-corrected chi connectivity index (χ4v) is 2.30. The third-order valence-electron chi connectivity index (χ3n) is 3.50. The van der Waals surface area contributed by atoms with E-state index >= 15 is 0 Å². The highest BCUT2D eigenvalue weighted by Crippen LogP contribution is 2.18. The zero-order valence-corrected chi connectivity index (χ0v) is 14.0. The second-order valence-corrected chi connectivity index (χ2v) is 6.33. The van der Waals surface area contributed by atoms with Crippen LogP contribution >= 0.6 is 12.4 Å². The van der Waals surface area contributed by atoms with Gasteiger partial charge in [0.1, 0.15) is 6.04 Å². The SMILES string of the molecule is CNCC1CCCN1C(=O)C(C)NC(=O)C(C)(C)C.Cl. The van der Waals surface area contributed by atoms with Gasteiger partial charge >= 0.3 is 0 Å². The summed E-state index contributed by atoms with van der Waals surface area (Å²) >= 11 is 0. The van der Waals surface area contributed by atoms with E-state index in [0.29, 0.717) is 0 Å². The average Bonchev–Trinajstić information content (AvgIpc) is 2.75. The van der Waals surface area contributed by atoms with E-state index in [2.05, 4.69) is 10.6 Å². The molecule has 2 unspecified atom stereocenters.